The summed E-state index contributed by atoms with van der Waals surface area (Å²) in [6, 6.07) is 10.7. The highest BCUT2D eigenvalue weighted by Crippen LogP contribution is 2.35. The number of para-hydroxylation sites is 1. The van der Waals surface area contributed by atoms with Crippen molar-refractivity contribution in [1.82, 2.24) is 0 Å². The van der Waals surface area contributed by atoms with E-state index in [1.54, 1.807) is 31.2 Å². The summed E-state index contributed by atoms with van der Waals surface area (Å²) in [6.45, 7) is 1.76. The van der Waals surface area contributed by atoms with Crippen LogP contribution in [0.25, 0.3) is 11.1 Å². The SMILES string of the molecule is Cc1ccc(C=O)cc1-c1ccccc1OC(F)(F)F. The molecular formula is C15H11F3O2. The lowest BCUT2D eigenvalue weighted by molar-refractivity contribution is -0.274. The molecule has 0 aliphatic carbocycles. The molecule has 0 fully saturated rings. The van der Waals surface area contributed by atoms with E-state index < -0.39 is 6.36 Å². The molecule has 0 heterocycles. The first kappa shape index (κ1) is 14.1. The molecule has 0 aliphatic heterocycles. The molecule has 2 nitrogen and oxygen atoms in total. The van der Waals surface area contributed by atoms with Crippen LogP contribution < -0.4 is 4.74 Å². The Morgan fingerprint density at radius 2 is 1.75 bits per heavy atom. The van der Waals surface area contributed by atoms with Gasteiger partial charge >= 0.3 is 6.36 Å². The molecule has 0 saturated carbocycles. The first-order valence-corrected chi connectivity index (χ1v) is 5.81. The van der Waals surface area contributed by atoms with Crippen molar-refractivity contribution in [3.05, 3.63) is 53.6 Å². The lowest BCUT2D eigenvalue weighted by Gasteiger charge is -2.14. The molecule has 0 radical (unpaired) electrons. The van der Waals surface area contributed by atoms with E-state index in [4.69, 9.17) is 0 Å². The van der Waals surface area contributed by atoms with E-state index in [0.717, 1.165) is 5.56 Å². The lowest BCUT2D eigenvalue weighted by atomic mass is 9.98. The van der Waals surface area contributed by atoms with Crippen LogP contribution in [0.1, 0.15) is 15.9 Å². The van der Waals surface area contributed by atoms with E-state index in [-0.39, 0.29) is 5.75 Å². The standard InChI is InChI=1S/C15H11F3O2/c1-10-6-7-11(9-19)8-13(10)12-4-2-3-5-14(12)20-15(16,17)18/h2-9H,1H3. The molecule has 5 heteroatoms. The van der Waals surface area contributed by atoms with Gasteiger partial charge in [-0.15, -0.1) is 13.2 Å². The number of rotatable bonds is 3. The summed E-state index contributed by atoms with van der Waals surface area (Å²) in [4.78, 5) is 10.8. The fraction of sp³-hybridized carbons (Fsp3) is 0.133. The van der Waals surface area contributed by atoms with Gasteiger partial charge in [-0.1, -0.05) is 30.3 Å². The minimum Gasteiger partial charge on any atom is -0.405 e. The third-order valence-corrected chi connectivity index (χ3v) is 2.80. The number of benzene rings is 2. The number of alkyl halides is 3. The fourth-order valence-electron chi connectivity index (χ4n) is 1.91. The Bertz CT molecular complexity index is 633. The molecule has 2 aromatic carbocycles. The topological polar surface area (TPSA) is 26.3 Å². The van der Waals surface area contributed by atoms with Gasteiger partial charge in [-0.2, -0.15) is 0 Å². The quantitative estimate of drug-likeness (QED) is 0.780. The summed E-state index contributed by atoms with van der Waals surface area (Å²) in [5, 5.41) is 0. The van der Waals surface area contributed by atoms with Gasteiger partial charge in [0.15, 0.2) is 0 Å². The summed E-state index contributed by atoms with van der Waals surface area (Å²) in [6.07, 6.45) is -4.11. The average molecular weight is 280 g/mol. The molecule has 0 N–H and O–H groups in total. The molecule has 0 atom stereocenters. The summed E-state index contributed by atoms with van der Waals surface area (Å²) in [7, 11) is 0. The number of ether oxygens (including phenoxy) is 1. The summed E-state index contributed by atoms with van der Waals surface area (Å²) >= 11 is 0. The Morgan fingerprint density at radius 3 is 2.40 bits per heavy atom. The monoisotopic (exact) mass is 280 g/mol. The van der Waals surface area contributed by atoms with Gasteiger partial charge in [0.2, 0.25) is 0 Å². The second-order valence-corrected chi connectivity index (χ2v) is 4.24. The Balaban J connectivity index is 2.55. The van der Waals surface area contributed by atoms with Crippen molar-refractivity contribution in [2.75, 3.05) is 0 Å². The van der Waals surface area contributed by atoms with Gasteiger partial charge in [-0.05, 0) is 30.2 Å². The molecule has 0 bridgehead atoms. The van der Waals surface area contributed by atoms with Gasteiger partial charge in [0, 0.05) is 11.1 Å². The predicted octanol–water partition coefficient (Wildman–Crippen LogP) is 4.37. The van der Waals surface area contributed by atoms with Crippen LogP contribution in [0.5, 0.6) is 5.75 Å². The molecule has 0 spiro atoms. The second kappa shape index (κ2) is 5.36. The molecule has 104 valence electrons. The average Bonchev–Trinajstić information content (AvgIpc) is 2.38. The largest absolute Gasteiger partial charge is 0.573 e. The van der Waals surface area contributed by atoms with Crippen LogP contribution in [-0.2, 0) is 0 Å². The minimum absolute atomic E-state index is 0.286. The first-order chi connectivity index (χ1) is 9.40. The van der Waals surface area contributed by atoms with Crippen LogP contribution in [0.2, 0.25) is 0 Å². The number of aldehydes is 1. The third-order valence-electron chi connectivity index (χ3n) is 2.80. The highest BCUT2D eigenvalue weighted by atomic mass is 19.4. The molecule has 0 aromatic heterocycles. The maximum Gasteiger partial charge on any atom is 0.573 e. The van der Waals surface area contributed by atoms with Gasteiger partial charge in [-0.25, -0.2) is 0 Å². The maximum atomic E-state index is 12.4. The predicted molar refractivity (Wildman–Crippen MR) is 68.7 cm³/mol. The maximum absolute atomic E-state index is 12.4. The molecule has 0 amide bonds. The molecule has 2 rings (SSSR count). The fourth-order valence-corrected chi connectivity index (χ4v) is 1.91. The van der Waals surface area contributed by atoms with E-state index in [2.05, 4.69) is 4.74 Å². The van der Waals surface area contributed by atoms with Crippen molar-refractivity contribution in [3.63, 3.8) is 0 Å². The van der Waals surface area contributed by atoms with E-state index in [1.807, 2.05) is 0 Å². The zero-order valence-corrected chi connectivity index (χ0v) is 10.6. The van der Waals surface area contributed by atoms with E-state index in [9.17, 15) is 18.0 Å². The number of halogens is 3. The normalized spacial score (nSPS) is 11.2. The van der Waals surface area contributed by atoms with Crippen LogP contribution in [0.4, 0.5) is 13.2 Å². The smallest absolute Gasteiger partial charge is 0.405 e. The molecule has 2 aromatic rings. The van der Waals surface area contributed by atoms with Crippen molar-refractivity contribution in [2.24, 2.45) is 0 Å². The van der Waals surface area contributed by atoms with Crippen LogP contribution >= 0.6 is 0 Å². The first-order valence-electron chi connectivity index (χ1n) is 5.81. The van der Waals surface area contributed by atoms with Crippen LogP contribution in [-0.4, -0.2) is 12.6 Å². The summed E-state index contributed by atoms with van der Waals surface area (Å²) in [5.74, 6) is -0.286. The van der Waals surface area contributed by atoms with Crippen molar-refractivity contribution >= 4 is 6.29 Å². The van der Waals surface area contributed by atoms with Crippen molar-refractivity contribution < 1.29 is 22.7 Å². The van der Waals surface area contributed by atoms with Crippen LogP contribution in [0.15, 0.2) is 42.5 Å². The summed E-state index contributed by atoms with van der Waals surface area (Å²) < 4.78 is 41.2. The van der Waals surface area contributed by atoms with E-state index >= 15 is 0 Å². The van der Waals surface area contributed by atoms with Gasteiger partial charge in [0.25, 0.3) is 0 Å². The highest BCUT2D eigenvalue weighted by molar-refractivity contribution is 5.82. The number of aryl methyl sites for hydroxylation is 1. The molecule has 0 saturated heterocycles. The third kappa shape index (κ3) is 3.17. The molecular weight excluding hydrogens is 269 g/mol. The van der Waals surface area contributed by atoms with Gasteiger partial charge in [-0.3, -0.25) is 4.79 Å². The van der Waals surface area contributed by atoms with Crippen molar-refractivity contribution in [3.8, 4) is 16.9 Å². The highest BCUT2D eigenvalue weighted by Gasteiger charge is 2.32. The molecule has 20 heavy (non-hydrogen) atoms. The van der Waals surface area contributed by atoms with E-state index in [1.165, 1.54) is 18.2 Å². The van der Waals surface area contributed by atoms with Gasteiger partial charge < -0.3 is 4.74 Å². The Kier molecular flexibility index (Phi) is 3.79. The van der Waals surface area contributed by atoms with E-state index in [0.29, 0.717) is 23.0 Å². The van der Waals surface area contributed by atoms with Gasteiger partial charge in [0.1, 0.15) is 12.0 Å². The minimum atomic E-state index is -4.76. The van der Waals surface area contributed by atoms with Crippen molar-refractivity contribution in [1.29, 1.82) is 0 Å². The zero-order valence-electron chi connectivity index (χ0n) is 10.6. The Labute approximate surface area is 113 Å². The molecule has 0 aliphatic rings. The zero-order chi connectivity index (χ0) is 14.8. The number of carbonyl (C=O) groups is 1. The lowest BCUT2D eigenvalue weighted by Crippen LogP contribution is -2.17. The molecule has 0 unspecified atom stereocenters. The number of carbonyl (C=O) groups excluding carboxylic acids is 1. The number of hydrogen-bond donors (Lipinski definition) is 0. The second-order valence-electron chi connectivity index (χ2n) is 4.24. The Hall–Kier alpha value is -2.30. The van der Waals surface area contributed by atoms with Gasteiger partial charge in [0.05, 0.1) is 0 Å². The van der Waals surface area contributed by atoms with Crippen LogP contribution in [0, 0.1) is 6.92 Å². The van der Waals surface area contributed by atoms with Crippen molar-refractivity contribution in [2.45, 2.75) is 13.3 Å². The summed E-state index contributed by atoms with van der Waals surface area (Å²) in [5.41, 5.74) is 1.99. The number of hydrogen-bond acceptors (Lipinski definition) is 2. The Morgan fingerprint density at radius 1 is 1.05 bits per heavy atom. The van der Waals surface area contributed by atoms with Crippen LogP contribution in [0.3, 0.4) is 0 Å².